The molecule has 0 radical (unpaired) electrons. The van der Waals surface area contributed by atoms with Gasteiger partial charge in [-0.05, 0) is 37.2 Å². The van der Waals surface area contributed by atoms with Gasteiger partial charge in [-0.3, -0.25) is 9.89 Å². The van der Waals surface area contributed by atoms with E-state index in [0.29, 0.717) is 12.6 Å². The van der Waals surface area contributed by atoms with E-state index in [-0.39, 0.29) is 35.9 Å². The third-order valence-corrected chi connectivity index (χ3v) is 4.98. The third kappa shape index (κ3) is 6.06. The van der Waals surface area contributed by atoms with Crippen molar-refractivity contribution in [3.05, 3.63) is 35.6 Å². The third-order valence-electron chi connectivity index (χ3n) is 4.98. The molecular formula is C19H32FIN4O. The smallest absolute Gasteiger partial charge is 0.193 e. The fourth-order valence-electron chi connectivity index (χ4n) is 3.50. The highest BCUT2D eigenvalue weighted by atomic mass is 127. The zero-order chi connectivity index (χ0) is 18.2. The standard InChI is InChI=1S/C19H31FN4O.HI/c1-5-23(6-2)17-11-12-24(14-17)19(21-3)22-13-18(25-4)15-7-9-16(20)10-8-15;/h7-10,17-18H,5-6,11-14H2,1-4H3,(H,21,22);1H. The topological polar surface area (TPSA) is 40.1 Å². The molecule has 0 saturated carbocycles. The quantitative estimate of drug-likeness (QED) is 0.372. The van der Waals surface area contributed by atoms with E-state index in [2.05, 4.69) is 34.0 Å². The first-order valence-electron chi connectivity index (χ1n) is 9.10. The van der Waals surface area contributed by atoms with Crippen molar-refractivity contribution in [2.75, 3.05) is 46.9 Å². The number of hydrogen-bond acceptors (Lipinski definition) is 3. The summed E-state index contributed by atoms with van der Waals surface area (Å²) in [5.41, 5.74) is 0.953. The molecule has 1 aliphatic heterocycles. The maximum atomic E-state index is 13.1. The second kappa shape index (κ2) is 11.7. The molecule has 0 amide bonds. The number of likely N-dealkylation sites (N-methyl/N-ethyl adjacent to an activating group) is 1. The van der Waals surface area contributed by atoms with E-state index in [1.165, 1.54) is 12.1 Å². The summed E-state index contributed by atoms with van der Waals surface area (Å²) in [4.78, 5) is 9.24. The maximum absolute atomic E-state index is 13.1. The van der Waals surface area contributed by atoms with Crippen molar-refractivity contribution in [1.29, 1.82) is 0 Å². The predicted molar refractivity (Wildman–Crippen MR) is 116 cm³/mol. The van der Waals surface area contributed by atoms with E-state index in [4.69, 9.17) is 4.74 Å². The van der Waals surface area contributed by atoms with Gasteiger partial charge < -0.3 is 15.0 Å². The van der Waals surface area contributed by atoms with Crippen LogP contribution in [0.25, 0.3) is 0 Å². The molecule has 1 aromatic rings. The first-order chi connectivity index (χ1) is 12.1. The number of benzene rings is 1. The van der Waals surface area contributed by atoms with Crippen molar-refractivity contribution < 1.29 is 9.13 Å². The lowest BCUT2D eigenvalue weighted by molar-refractivity contribution is 0.106. The molecule has 2 unspecified atom stereocenters. The van der Waals surface area contributed by atoms with Gasteiger partial charge in [-0.25, -0.2) is 4.39 Å². The van der Waals surface area contributed by atoms with Crippen molar-refractivity contribution in [2.24, 2.45) is 4.99 Å². The number of nitrogens with zero attached hydrogens (tertiary/aromatic N) is 3. The molecule has 1 heterocycles. The van der Waals surface area contributed by atoms with Crippen molar-refractivity contribution in [2.45, 2.75) is 32.4 Å². The minimum Gasteiger partial charge on any atom is -0.375 e. The van der Waals surface area contributed by atoms with Gasteiger partial charge in [0.25, 0.3) is 0 Å². The molecule has 1 N–H and O–H groups in total. The Bertz CT molecular complexity index is 551. The van der Waals surface area contributed by atoms with Crippen LogP contribution in [-0.2, 0) is 4.74 Å². The van der Waals surface area contributed by atoms with Crippen molar-refractivity contribution in [3.8, 4) is 0 Å². The number of ether oxygens (including phenoxy) is 1. The Balaban J connectivity index is 0.00000338. The average Bonchev–Trinajstić information content (AvgIpc) is 3.11. The monoisotopic (exact) mass is 478 g/mol. The van der Waals surface area contributed by atoms with E-state index in [9.17, 15) is 4.39 Å². The summed E-state index contributed by atoms with van der Waals surface area (Å²) in [5.74, 6) is 0.667. The molecule has 26 heavy (non-hydrogen) atoms. The summed E-state index contributed by atoms with van der Waals surface area (Å²) in [5, 5.41) is 3.41. The second-order valence-corrected chi connectivity index (χ2v) is 6.31. The van der Waals surface area contributed by atoms with Gasteiger partial charge in [0.05, 0.1) is 6.10 Å². The summed E-state index contributed by atoms with van der Waals surface area (Å²) in [6.45, 7) is 9.19. The number of rotatable bonds is 7. The van der Waals surface area contributed by atoms with Gasteiger partial charge in [0, 0.05) is 39.8 Å². The molecule has 1 saturated heterocycles. The highest BCUT2D eigenvalue weighted by molar-refractivity contribution is 14.0. The Morgan fingerprint density at radius 3 is 2.54 bits per heavy atom. The highest BCUT2D eigenvalue weighted by Crippen LogP contribution is 2.18. The van der Waals surface area contributed by atoms with Gasteiger partial charge in [-0.1, -0.05) is 26.0 Å². The van der Waals surface area contributed by atoms with Crippen LogP contribution < -0.4 is 5.32 Å². The van der Waals surface area contributed by atoms with Crippen LogP contribution in [0.1, 0.15) is 31.9 Å². The number of nitrogens with one attached hydrogen (secondary N) is 1. The largest absolute Gasteiger partial charge is 0.375 e. The van der Waals surface area contributed by atoms with Gasteiger partial charge in [-0.15, -0.1) is 24.0 Å². The Hall–Kier alpha value is -0.930. The fraction of sp³-hybridized carbons (Fsp3) is 0.632. The van der Waals surface area contributed by atoms with Gasteiger partial charge in [0.2, 0.25) is 0 Å². The molecule has 0 bridgehead atoms. The summed E-state index contributed by atoms with van der Waals surface area (Å²) in [6.07, 6.45) is 1.02. The van der Waals surface area contributed by atoms with Gasteiger partial charge in [0.15, 0.2) is 5.96 Å². The lowest BCUT2D eigenvalue weighted by Crippen LogP contribution is -2.44. The number of likely N-dealkylation sites (tertiary alicyclic amines) is 1. The molecule has 1 aromatic carbocycles. The Kier molecular flexibility index (Phi) is 10.4. The molecule has 2 atom stereocenters. The first-order valence-corrected chi connectivity index (χ1v) is 9.10. The van der Waals surface area contributed by atoms with Gasteiger partial charge in [0.1, 0.15) is 5.82 Å². The van der Waals surface area contributed by atoms with Gasteiger partial charge >= 0.3 is 0 Å². The molecule has 0 aliphatic carbocycles. The molecule has 148 valence electrons. The van der Waals surface area contributed by atoms with Crippen LogP contribution in [0, 0.1) is 5.82 Å². The van der Waals surface area contributed by atoms with Crippen molar-refractivity contribution >= 4 is 29.9 Å². The number of guanidine groups is 1. The molecule has 1 aliphatic rings. The van der Waals surface area contributed by atoms with Crippen LogP contribution in [0.15, 0.2) is 29.3 Å². The summed E-state index contributed by atoms with van der Waals surface area (Å²) in [6, 6.07) is 7.04. The SMILES string of the molecule is CCN(CC)C1CCN(C(=NC)NCC(OC)c2ccc(F)cc2)C1.I. The van der Waals surface area contributed by atoms with Crippen LogP contribution in [-0.4, -0.2) is 68.7 Å². The zero-order valence-electron chi connectivity index (χ0n) is 16.2. The lowest BCUT2D eigenvalue weighted by Gasteiger charge is -2.27. The lowest BCUT2D eigenvalue weighted by atomic mass is 10.1. The van der Waals surface area contributed by atoms with Crippen LogP contribution in [0.4, 0.5) is 4.39 Å². The van der Waals surface area contributed by atoms with E-state index in [1.54, 1.807) is 19.2 Å². The summed E-state index contributed by atoms with van der Waals surface area (Å²) < 4.78 is 18.7. The van der Waals surface area contributed by atoms with Crippen LogP contribution in [0.5, 0.6) is 0 Å². The van der Waals surface area contributed by atoms with E-state index < -0.39 is 0 Å². The molecule has 0 aromatic heterocycles. The molecule has 2 rings (SSSR count). The molecule has 7 heteroatoms. The number of aliphatic imine (C=N–C) groups is 1. The minimum atomic E-state index is -0.234. The Morgan fingerprint density at radius 1 is 1.35 bits per heavy atom. The molecule has 0 spiro atoms. The Labute approximate surface area is 174 Å². The molecule has 5 nitrogen and oxygen atoms in total. The zero-order valence-corrected chi connectivity index (χ0v) is 18.6. The Morgan fingerprint density at radius 2 is 2.00 bits per heavy atom. The first kappa shape index (κ1) is 23.1. The van der Waals surface area contributed by atoms with Crippen LogP contribution in [0.2, 0.25) is 0 Å². The molecular weight excluding hydrogens is 446 g/mol. The van der Waals surface area contributed by atoms with Crippen molar-refractivity contribution in [1.82, 2.24) is 15.1 Å². The maximum Gasteiger partial charge on any atom is 0.193 e. The van der Waals surface area contributed by atoms with Gasteiger partial charge in [-0.2, -0.15) is 0 Å². The fourth-order valence-corrected chi connectivity index (χ4v) is 3.50. The van der Waals surface area contributed by atoms with E-state index in [1.807, 2.05) is 7.05 Å². The molecule has 1 fully saturated rings. The van der Waals surface area contributed by atoms with Crippen LogP contribution in [0.3, 0.4) is 0 Å². The predicted octanol–water partition coefficient (Wildman–Crippen LogP) is 3.12. The summed E-state index contributed by atoms with van der Waals surface area (Å²) >= 11 is 0. The summed E-state index contributed by atoms with van der Waals surface area (Å²) in [7, 11) is 3.48. The van der Waals surface area contributed by atoms with E-state index >= 15 is 0 Å². The number of hydrogen-bond donors (Lipinski definition) is 1. The normalized spacial score (nSPS) is 18.8. The highest BCUT2D eigenvalue weighted by Gasteiger charge is 2.28. The van der Waals surface area contributed by atoms with Crippen molar-refractivity contribution in [3.63, 3.8) is 0 Å². The van der Waals surface area contributed by atoms with Crippen LogP contribution >= 0.6 is 24.0 Å². The average molecular weight is 478 g/mol. The van der Waals surface area contributed by atoms with E-state index in [0.717, 1.165) is 44.1 Å². The second-order valence-electron chi connectivity index (χ2n) is 6.31. The number of methoxy groups -OCH3 is 1. The number of halogens is 2. The minimum absolute atomic E-state index is 0.